The van der Waals surface area contributed by atoms with Gasteiger partial charge >= 0.3 is 12.1 Å². The molecule has 0 aliphatic carbocycles. The van der Waals surface area contributed by atoms with Gasteiger partial charge in [-0.15, -0.1) is 0 Å². The van der Waals surface area contributed by atoms with Crippen molar-refractivity contribution in [3.63, 3.8) is 0 Å². The van der Waals surface area contributed by atoms with Crippen LogP contribution in [0.4, 0.5) is 13.2 Å². The van der Waals surface area contributed by atoms with Crippen molar-refractivity contribution in [3.8, 4) is 0 Å². The van der Waals surface area contributed by atoms with E-state index in [1.54, 1.807) is 6.07 Å². The number of hydrogen-bond acceptors (Lipinski definition) is 4. The van der Waals surface area contributed by atoms with E-state index in [-0.39, 0.29) is 5.56 Å². The minimum Gasteiger partial charge on any atom is -0.441 e. The number of carbonyl (C=O) groups is 1. The number of alkyl halides is 3. The van der Waals surface area contributed by atoms with Gasteiger partial charge in [-0.1, -0.05) is 30.3 Å². The molecule has 0 aromatic heterocycles. The summed E-state index contributed by atoms with van der Waals surface area (Å²) in [6.45, 7) is -1.01. The summed E-state index contributed by atoms with van der Waals surface area (Å²) in [5.74, 6) is -2.83. The standard InChI is InChI=1S/C13H10F3NO4/c14-13(15,16)12(7-6-11(18)21-12)10(8-17(19)20)9-4-2-1-3-5-9/h1-7,10H,8H2. The Labute approximate surface area is 117 Å². The lowest BCUT2D eigenvalue weighted by molar-refractivity contribution is -0.489. The highest BCUT2D eigenvalue weighted by molar-refractivity contribution is 5.85. The Morgan fingerprint density at radius 3 is 2.33 bits per heavy atom. The summed E-state index contributed by atoms with van der Waals surface area (Å²) in [6, 6.07) is 7.17. The highest BCUT2D eigenvalue weighted by atomic mass is 19.4. The summed E-state index contributed by atoms with van der Waals surface area (Å²) in [5.41, 5.74) is -2.94. The number of ether oxygens (including phenoxy) is 1. The van der Waals surface area contributed by atoms with Gasteiger partial charge in [-0.2, -0.15) is 13.2 Å². The van der Waals surface area contributed by atoms with E-state index >= 15 is 0 Å². The molecule has 2 atom stereocenters. The fraction of sp³-hybridized carbons (Fsp3) is 0.308. The molecule has 0 amide bonds. The maximum absolute atomic E-state index is 13.4. The molecule has 0 saturated carbocycles. The van der Waals surface area contributed by atoms with Crippen LogP contribution < -0.4 is 0 Å². The first kappa shape index (κ1) is 15.0. The average Bonchev–Trinajstić information content (AvgIpc) is 2.80. The van der Waals surface area contributed by atoms with E-state index in [2.05, 4.69) is 4.74 Å². The number of carbonyl (C=O) groups excluding carboxylic acids is 1. The molecule has 1 aromatic rings. The SMILES string of the molecule is O=C1C=CC(C(C[N+](=O)[O-])c2ccccc2)(C(F)(F)F)O1. The van der Waals surface area contributed by atoms with Gasteiger partial charge in [-0.25, -0.2) is 4.79 Å². The summed E-state index contributed by atoms with van der Waals surface area (Å²) in [6.07, 6.45) is -3.77. The summed E-state index contributed by atoms with van der Waals surface area (Å²) in [7, 11) is 0. The van der Waals surface area contributed by atoms with Gasteiger partial charge in [0.05, 0.1) is 0 Å². The molecule has 1 heterocycles. The third-order valence-corrected chi connectivity index (χ3v) is 3.23. The second kappa shape index (κ2) is 5.19. The molecular formula is C13H10F3NO4. The van der Waals surface area contributed by atoms with Crippen molar-refractivity contribution in [1.82, 2.24) is 0 Å². The van der Waals surface area contributed by atoms with Crippen LogP contribution in [0, 0.1) is 10.1 Å². The molecule has 1 aliphatic rings. The van der Waals surface area contributed by atoms with Crippen LogP contribution >= 0.6 is 0 Å². The maximum atomic E-state index is 13.4. The van der Waals surface area contributed by atoms with Crippen LogP contribution in [0.3, 0.4) is 0 Å². The van der Waals surface area contributed by atoms with Gasteiger partial charge < -0.3 is 4.74 Å². The minimum atomic E-state index is -4.97. The van der Waals surface area contributed by atoms with Crippen LogP contribution in [0.25, 0.3) is 0 Å². The van der Waals surface area contributed by atoms with E-state index in [1.165, 1.54) is 24.3 Å². The second-order valence-electron chi connectivity index (χ2n) is 4.52. The van der Waals surface area contributed by atoms with Gasteiger partial charge in [-0.3, -0.25) is 10.1 Å². The Bertz CT molecular complexity index is 585. The Morgan fingerprint density at radius 2 is 1.90 bits per heavy atom. The normalized spacial score (nSPS) is 22.9. The van der Waals surface area contributed by atoms with E-state index in [4.69, 9.17) is 0 Å². The number of nitrogens with zero attached hydrogens (tertiary/aromatic N) is 1. The van der Waals surface area contributed by atoms with Crippen molar-refractivity contribution in [2.45, 2.75) is 17.7 Å². The highest BCUT2D eigenvalue weighted by Gasteiger charge is 2.64. The Kier molecular flexibility index (Phi) is 3.71. The largest absolute Gasteiger partial charge is 0.441 e. The van der Waals surface area contributed by atoms with Crippen LogP contribution in [0.5, 0.6) is 0 Å². The zero-order valence-electron chi connectivity index (χ0n) is 10.5. The lowest BCUT2D eigenvalue weighted by Gasteiger charge is -2.34. The highest BCUT2D eigenvalue weighted by Crippen LogP contribution is 2.47. The lowest BCUT2D eigenvalue weighted by Crippen LogP contribution is -2.51. The third-order valence-electron chi connectivity index (χ3n) is 3.23. The van der Waals surface area contributed by atoms with Gasteiger partial charge in [0.25, 0.3) is 0 Å². The number of hydrogen-bond donors (Lipinski definition) is 0. The number of rotatable bonds is 4. The topological polar surface area (TPSA) is 69.4 Å². The molecule has 0 fully saturated rings. The Hall–Kier alpha value is -2.38. The molecule has 1 aliphatic heterocycles. The first-order valence-electron chi connectivity index (χ1n) is 5.92. The molecular weight excluding hydrogens is 291 g/mol. The van der Waals surface area contributed by atoms with Crippen molar-refractivity contribution in [1.29, 1.82) is 0 Å². The van der Waals surface area contributed by atoms with Crippen LogP contribution in [-0.2, 0) is 9.53 Å². The first-order chi connectivity index (χ1) is 9.76. The molecule has 0 N–H and O–H groups in total. The molecule has 8 heteroatoms. The second-order valence-corrected chi connectivity index (χ2v) is 4.52. The van der Waals surface area contributed by atoms with Gasteiger partial charge in [0.2, 0.25) is 12.1 Å². The summed E-state index contributed by atoms with van der Waals surface area (Å²) in [5, 5.41) is 10.8. The van der Waals surface area contributed by atoms with E-state index in [1.807, 2.05) is 0 Å². The third kappa shape index (κ3) is 2.74. The Balaban J connectivity index is 2.54. The van der Waals surface area contributed by atoms with Gasteiger partial charge in [0.1, 0.15) is 5.92 Å². The fourth-order valence-corrected chi connectivity index (χ4v) is 2.29. The molecule has 0 bridgehead atoms. The van der Waals surface area contributed by atoms with E-state index < -0.39 is 35.1 Å². The first-order valence-corrected chi connectivity index (χ1v) is 5.92. The average molecular weight is 301 g/mol. The van der Waals surface area contributed by atoms with Crippen LogP contribution in [0.1, 0.15) is 11.5 Å². The zero-order chi connectivity index (χ0) is 15.7. The van der Waals surface area contributed by atoms with E-state index in [0.29, 0.717) is 12.2 Å². The summed E-state index contributed by atoms with van der Waals surface area (Å²) >= 11 is 0. The van der Waals surface area contributed by atoms with Crippen molar-refractivity contribution in [2.24, 2.45) is 0 Å². The summed E-state index contributed by atoms with van der Waals surface area (Å²) in [4.78, 5) is 21.1. The predicted octanol–water partition coefficient (Wildman–Crippen LogP) is 2.46. The molecule has 1 aromatic carbocycles. The number of benzene rings is 1. The monoisotopic (exact) mass is 301 g/mol. The van der Waals surface area contributed by atoms with Crippen molar-refractivity contribution in [2.75, 3.05) is 6.54 Å². The van der Waals surface area contributed by atoms with Gasteiger partial charge in [-0.05, 0) is 11.6 Å². The quantitative estimate of drug-likeness (QED) is 0.486. The van der Waals surface area contributed by atoms with Gasteiger partial charge in [0.15, 0.2) is 0 Å². The van der Waals surface area contributed by atoms with E-state index in [0.717, 1.165) is 0 Å². The summed E-state index contributed by atoms with van der Waals surface area (Å²) < 4.78 is 44.7. The molecule has 0 radical (unpaired) electrons. The molecule has 112 valence electrons. The fourth-order valence-electron chi connectivity index (χ4n) is 2.29. The molecule has 5 nitrogen and oxygen atoms in total. The van der Waals surface area contributed by atoms with Crippen molar-refractivity contribution in [3.05, 3.63) is 58.2 Å². The predicted molar refractivity (Wildman–Crippen MR) is 65.1 cm³/mol. The Morgan fingerprint density at radius 1 is 1.29 bits per heavy atom. The van der Waals surface area contributed by atoms with Crippen LogP contribution in [0.15, 0.2) is 42.5 Å². The van der Waals surface area contributed by atoms with Crippen LogP contribution in [0.2, 0.25) is 0 Å². The number of nitro groups is 1. The zero-order valence-corrected chi connectivity index (χ0v) is 10.5. The number of cyclic esters (lactones) is 1. The minimum absolute atomic E-state index is 0.0749. The number of halogens is 3. The van der Waals surface area contributed by atoms with Crippen LogP contribution in [-0.4, -0.2) is 29.2 Å². The molecule has 0 spiro atoms. The van der Waals surface area contributed by atoms with E-state index in [9.17, 15) is 28.1 Å². The maximum Gasteiger partial charge on any atom is 0.433 e. The lowest BCUT2D eigenvalue weighted by atomic mass is 9.81. The molecule has 21 heavy (non-hydrogen) atoms. The molecule has 2 unspecified atom stereocenters. The van der Waals surface area contributed by atoms with Crippen molar-refractivity contribution >= 4 is 5.97 Å². The number of esters is 1. The van der Waals surface area contributed by atoms with Crippen molar-refractivity contribution < 1.29 is 27.6 Å². The van der Waals surface area contributed by atoms with Gasteiger partial charge in [0, 0.05) is 11.0 Å². The molecule has 2 rings (SSSR count). The smallest absolute Gasteiger partial charge is 0.433 e. The molecule has 0 saturated heterocycles.